The molecule has 4 N–H and O–H groups in total. The van der Waals surface area contributed by atoms with Gasteiger partial charge >= 0.3 is 5.97 Å². The maximum Gasteiger partial charge on any atom is 0.303 e. The van der Waals surface area contributed by atoms with Gasteiger partial charge < -0.3 is 40.1 Å². The topological polar surface area (TPSA) is 141 Å². The highest BCUT2D eigenvalue weighted by molar-refractivity contribution is 5.93. The summed E-state index contributed by atoms with van der Waals surface area (Å²) in [6, 6.07) is 34.2. The molecule has 0 radical (unpaired) electrons. The van der Waals surface area contributed by atoms with Gasteiger partial charge in [0, 0.05) is 56.7 Å². The van der Waals surface area contributed by atoms with E-state index in [9.17, 15) is 19.5 Å². The highest BCUT2D eigenvalue weighted by atomic mass is 16.7. The minimum absolute atomic E-state index is 0.0243. The summed E-state index contributed by atoms with van der Waals surface area (Å²) in [4.78, 5) is 41.0. The van der Waals surface area contributed by atoms with Crippen LogP contribution in [-0.4, -0.2) is 70.8 Å². The lowest BCUT2D eigenvalue weighted by molar-refractivity contribution is -0.253. The van der Waals surface area contributed by atoms with Crippen LogP contribution in [-0.2, 0) is 37.0 Å². The molecule has 1 spiro atoms. The Labute approximate surface area is 315 Å². The number of carbonyl (C=O) groups excluding carboxylic acids is 2. The fourth-order valence-corrected chi connectivity index (χ4v) is 7.87. The number of rotatable bonds is 13. The Morgan fingerprint density at radius 3 is 2.31 bits per heavy atom. The van der Waals surface area contributed by atoms with Gasteiger partial charge in [0.05, 0.1) is 25.5 Å². The lowest BCUT2D eigenvalue weighted by atomic mass is 9.85. The summed E-state index contributed by atoms with van der Waals surface area (Å²) in [6.07, 6.45) is 1.58. The average molecular weight is 733 g/mol. The Kier molecular flexibility index (Phi) is 11.7. The number of carboxylic acids is 1. The van der Waals surface area contributed by atoms with E-state index in [1.54, 1.807) is 0 Å². The normalized spacial score (nSPS) is 21.2. The van der Waals surface area contributed by atoms with E-state index in [0.29, 0.717) is 32.6 Å². The molecule has 0 aliphatic carbocycles. The number of aliphatic hydroxyl groups is 1. The molecule has 3 atom stereocenters. The summed E-state index contributed by atoms with van der Waals surface area (Å²) in [5, 5.41) is 24.5. The standard InChI is InChI=1S/C43H48N4O7/c48-28-30-15-17-32(18-16-30)38-25-37(27-46-21-19-43(20-22-46)42(52)45-29-47(43)36-11-2-1-3-12-36)53-41(54-38)35-10-5-9-34(24-35)33-8-4-7-31(23-33)26-44-39(49)13-6-14-40(50)51/h1-5,7-12,15-18,23-24,37-38,41,48H,6,13-14,19-22,25-29H2,(H,44,49)(H,45,52)(H,50,51)/t37-,38+,41+/m0/s1. The molecule has 0 unspecified atom stereocenters. The molecule has 3 fully saturated rings. The number of likely N-dealkylation sites (tertiary alicyclic amines) is 1. The maximum atomic E-state index is 13.3. The largest absolute Gasteiger partial charge is 0.481 e. The van der Waals surface area contributed by atoms with Crippen molar-refractivity contribution in [2.75, 3.05) is 31.2 Å². The Hall–Kier alpha value is -5.07. The Morgan fingerprint density at radius 2 is 1.57 bits per heavy atom. The number of aliphatic carboxylic acids is 1. The first-order valence-corrected chi connectivity index (χ1v) is 18.8. The van der Waals surface area contributed by atoms with Gasteiger partial charge in [-0.3, -0.25) is 14.4 Å². The second-order valence-electron chi connectivity index (χ2n) is 14.5. The zero-order valence-electron chi connectivity index (χ0n) is 30.4. The number of ether oxygens (including phenoxy) is 2. The van der Waals surface area contributed by atoms with Gasteiger partial charge in [-0.2, -0.15) is 0 Å². The lowest BCUT2D eigenvalue weighted by Crippen LogP contribution is -2.57. The first kappa shape index (κ1) is 37.3. The highest BCUT2D eigenvalue weighted by Crippen LogP contribution is 2.41. The van der Waals surface area contributed by atoms with Crippen molar-refractivity contribution >= 4 is 23.5 Å². The number of benzene rings is 4. The van der Waals surface area contributed by atoms with Crippen molar-refractivity contribution in [1.29, 1.82) is 0 Å². The number of piperidine rings is 1. The average Bonchev–Trinajstić information content (AvgIpc) is 3.52. The van der Waals surface area contributed by atoms with Crippen LogP contribution in [0.3, 0.4) is 0 Å². The van der Waals surface area contributed by atoms with Crippen LogP contribution in [0.5, 0.6) is 0 Å². The van der Waals surface area contributed by atoms with Crippen LogP contribution < -0.4 is 15.5 Å². The van der Waals surface area contributed by atoms with Gasteiger partial charge in [0.1, 0.15) is 5.54 Å². The van der Waals surface area contributed by atoms with Crippen LogP contribution >= 0.6 is 0 Å². The van der Waals surface area contributed by atoms with E-state index in [1.807, 2.05) is 84.9 Å². The number of carboxylic acid groups (broad SMARTS) is 1. The van der Waals surface area contributed by atoms with Crippen molar-refractivity contribution in [1.82, 2.24) is 15.5 Å². The molecule has 2 amide bonds. The molecule has 4 aromatic carbocycles. The van der Waals surface area contributed by atoms with Crippen LogP contribution in [0.1, 0.15) is 73.2 Å². The van der Waals surface area contributed by atoms with E-state index < -0.39 is 17.8 Å². The number of anilines is 1. The van der Waals surface area contributed by atoms with Crippen molar-refractivity contribution in [2.45, 2.75) is 75.7 Å². The number of amides is 2. The SMILES string of the molecule is O=C(O)CCCC(=O)NCc1cccc(-c2cccc([C@@H]3O[C@H](CN4CCC5(CC4)C(=O)NCN5c4ccccc4)C[C@H](c4ccc(CO)cc4)O3)c2)c1. The number of para-hydroxylation sites is 1. The fraction of sp³-hybridized carbons (Fsp3) is 0.372. The zero-order chi connectivity index (χ0) is 37.5. The van der Waals surface area contributed by atoms with E-state index in [1.165, 1.54) is 0 Å². The van der Waals surface area contributed by atoms with Crippen molar-refractivity contribution in [3.63, 3.8) is 0 Å². The third-order valence-corrected chi connectivity index (χ3v) is 10.9. The molecule has 3 heterocycles. The maximum absolute atomic E-state index is 13.3. The monoisotopic (exact) mass is 732 g/mol. The number of carbonyl (C=O) groups is 3. The molecule has 11 nitrogen and oxygen atoms in total. The van der Waals surface area contributed by atoms with Gasteiger partial charge in [0.15, 0.2) is 6.29 Å². The summed E-state index contributed by atoms with van der Waals surface area (Å²) < 4.78 is 13.4. The van der Waals surface area contributed by atoms with Gasteiger partial charge in [0.2, 0.25) is 11.8 Å². The first-order chi connectivity index (χ1) is 26.3. The van der Waals surface area contributed by atoms with Gasteiger partial charge in [-0.1, -0.05) is 78.9 Å². The third kappa shape index (κ3) is 8.66. The van der Waals surface area contributed by atoms with E-state index >= 15 is 0 Å². The van der Waals surface area contributed by atoms with Gasteiger partial charge in [-0.15, -0.1) is 0 Å². The van der Waals surface area contributed by atoms with Crippen molar-refractivity contribution in [3.05, 3.63) is 125 Å². The smallest absolute Gasteiger partial charge is 0.303 e. The minimum Gasteiger partial charge on any atom is -0.481 e. The quantitative estimate of drug-likeness (QED) is 0.137. The predicted octanol–water partition coefficient (Wildman–Crippen LogP) is 5.69. The summed E-state index contributed by atoms with van der Waals surface area (Å²) >= 11 is 0. The van der Waals surface area contributed by atoms with Gasteiger partial charge in [-0.05, 0) is 71.3 Å². The molecule has 4 aromatic rings. The minimum atomic E-state index is -0.906. The second kappa shape index (κ2) is 16.9. The molecule has 7 rings (SSSR count). The number of hydrogen-bond donors (Lipinski definition) is 4. The number of aliphatic hydroxyl groups excluding tert-OH is 1. The summed E-state index contributed by atoms with van der Waals surface area (Å²) in [5.74, 6) is -0.980. The molecular formula is C43H48N4O7. The van der Waals surface area contributed by atoms with Crippen molar-refractivity contribution in [3.8, 4) is 11.1 Å². The molecule has 0 bridgehead atoms. The second-order valence-corrected chi connectivity index (χ2v) is 14.5. The van der Waals surface area contributed by atoms with E-state index in [2.05, 4.69) is 38.6 Å². The molecule has 54 heavy (non-hydrogen) atoms. The van der Waals surface area contributed by atoms with E-state index in [-0.39, 0.29) is 43.5 Å². The van der Waals surface area contributed by atoms with Crippen LogP contribution in [0.2, 0.25) is 0 Å². The molecule has 3 saturated heterocycles. The van der Waals surface area contributed by atoms with Crippen LogP contribution in [0.25, 0.3) is 11.1 Å². The summed E-state index contributed by atoms with van der Waals surface area (Å²) in [5.41, 5.74) is 6.17. The number of nitrogens with one attached hydrogen (secondary N) is 2. The molecule has 0 saturated carbocycles. The van der Waals surface area contributed by atoms with Gasteiger partial charge in [-0.25, -0.2) is 0 Å². The van der Waals surface area contributed by atoms with Crippen LogP contribution in [0, 0.1) is 0 Å². The Morgan fingerprint density at radius 1 is 0.833 bits per heavy atom. The fourth-order valence-electron chi connectivity index (χ4n) is 7.87. The number of hydrogen-bond acceptors (Lipinski definition) is 8. The van der Waals surface area contributed by atoms with Crippen molar-refractivity contribution in [2.24, 2.45) is 0 Å². The molecule has 282 valence electrons. The first-order valence-electron chi connectivity index (χ1n) is 18.8. The number of nitrogens with zero attached hydrogens (tertiary/aromatic N) is 2. The van der Waals surface area contributed by atoms with Crippen molar-refractivity contribution < 1.29 is 34.1 Å². The molecular weight excluding hydrogens is 684 g/mol. The Bertz CT molecular complexity index is 1910. The van der Waals surface area contributed by atoms with Crippen LogP contribution in [0.15, 0.2) is 103 Å². The highest BCUT2D eigenvalue weighted by Gasteiger charge is 2.50. The van der Waals surface area contributed by atoms with Crippen LogP contribution in [0.4, 0.5) is 5.69 Å². The lowest BCUT2D eigenvalue weighted by Gasteiger charge is -2.45. The van der Waals surface area contributed by atoms with E-state index in [4.69, 9.17) is 14.6 Å². The molecule has 3 aliphatic heterocycles. The van der Waals surface area contributed by atoms with E-state index in [0.717, 1.165) is 65.0 Å². The summed E-state index contributed by atoms with van der Waals surface area (Å²) in [6.45, 7) is 3.08. The van der Waals surface area contributed by atoms with Gasteiger partial charge in [0.25, 0.3) is 0 Å². The molecule has 11 heteroatoms. The summed E-state index contributed by atoms with van der Waals surface area (Å²) in [7, 11) is 0. The molecule has 0 aromatic heterocycles. The Balaban J connectivity index is 1.05. The zero-order valence-corrected chi connectivity index (χ0v) is 30.4. The third-order valence-electron chi connectivity index (χ3n) is 10.9. The molecule has 3 aliphatic rings. The predicted molar refractivity (Wildman–Crippen MR) is 204 cm³/mol.